The zero-order valence-corrected chi connectivity index (χ0v) is 11.8. The van der Waals surface area contributed by atoms with E-state index in [1.54, 1.807) is 6.20 Å². The molecule has 2 aromatic rings. The van der Waals surface area contributed by atoms with Crippen molar-refractivity contribution >= 4 is 11.6 Å². The van der Waals surface area contributed by atoms with Crippen LogP contribution in [-0.2, 0) is 6.54 Å². The first-order chi connectivity index (χ1) is 9.04. The summed E-state index contributed by atoms with van der Waals surface area (Å²) in [6.45, 7) is 8.67. The van der Waals surface area contributed by atoms with Crippen molar-refractivity contribution < 1.29 is 4.79 Å². The van der Waals surface area contributed by atoms with Crippen molar-refractivity contribution in [2.45, 2.75) is 34.2 Å². The summed E-state index contributed by atoms with van der Waals surface area (Å²) in [5, 5.41) is 7.17. The Morgan fingerprint density at radius 2 is 1.89 bits per heavy atom. The van der Waals surface area contributed by atoms with Gasteiger partial charge in [-0.05, 0) is 38.8 Å². The fraction of sp³-hybridized carbons (Fsp3) is 0.333. The van der Waals surface area contributed by atoms with Crippen LogP contribution >= 0.6 is 0 Å². The minimum Gasteiger partial charge on any atom is -0.319 e. The lowest BCUT2D eigenvalue weighted by Crippen LogP contribution is -2.15. The molecule has 19 heavy (non-hydrogen) atoms. The predicted octanol–water partition coefficient (Wildman–Crippen LogP) is 3.08. The minimum atomic E-state index is -0.0747. The summed E-state index contributed by atoms with van der Waals surface area (Å²) in [5.74, 6) is -0.0747. The minimum absolute atomic E-state index is 0.0747. The highest BCUT2D eigenvalue weighted by atomic mass is 16.1. The van der Waals surface area contributed by atoms with Gasteiger partial charge in [-0.2, -0.15) is 5.10 Å². The Labute approximate surface area is 113 Å². The van der Waals surface area contributed by atoms with Crippen LogP contribution in [0.15, 0.2) is 24.4 Å². The molecule has 0 unspecified atom stereocenters. The van der Waals surface area contributed by atoms with Crippen molar-refractivity contribution in [2.75, 3.05) is 5.32 Å². The fourth-order valence-electron chi connectivity index (χ4n) is 2.25. The molecule has 0 fully saturated rings. The molecule has 4 nitrogen and oxygen atoms in total. The van der Waals surface area contributed by atoms with Crippen molar-refractivity contribution in [3.63, 3.8) is 0 Å². The molecule has 4 heteroatoms. The SMILES string of the molecule is CCn1ncc(NC(=O)c2c(C)cccc2C)c1C. The Balaban J connectivity index is 2.28. The fourth-order valence-corrected chi connectivity index (χ4v) is 2.25. The third-order valence-electron chi connectivity index (χ3n) is 3.36. The average Bonchev–Trinajstić information content (AvgIpc) is 2.70. The van der Waals surface area contributed by atoms with E-state index in [0.717, 1.165) is 34.6 Å². The van der Waals surface area contributed by atoms with Crippen LogP contribution < -0.4 is 5.32 Å². The van der Waals surface area contributed by atoms with Gasteiger partial charge in [0.05, 0.1) is 17.6 Å². The Bertz CT molecular complexity index is 594. The molecule has 1 amide bonds. The second-order valence-corrected chi connectivity index (χ2v) is 4.68. The van der Waals surface area contributed by atoms with Crippen LogP contribution in [0.2, 0.25) is 0 Å². The monoisotopic (exact) mass is 257 g/mol. The maximum atomic E-state index is 12.4. The zero-order chi connectivity index (χ0) is 14.0. The lowest BCUT2D eigenvalue weighted by Gasteiger charge is -2.10. The summed E-state index contributed by atoms with van der Waals surface area (Å²) in [5.41, 5.74) is 4.46. The molecule has 0 aliphatic rings. The predicted molar refractivity (Wildman–Crippen MR) is 76.5 cm³/mol. The van der Waals surface area contributed by atoms with Crippen molar-refractivity contribution in [2.24, 2.45) is 0 Å². The van der Waals surface area contributed by atoms with E-state index >= 15 is 0 Å². The number of amides is 1. The van der Waals surface area contributed by atoms with Gasteiger partial charge in [-0.3, -0.25) is 9.48 Å². The van der Waals surface area contributed by atoms with E-state index in [4.69, 9.17) is 0 Å². The topological polar surface area (TPSA) is 46.9 Å². The van der Waals surface area contributed by atoms with Crippen LogP contribution in [-0.4, -0.2) is 15.7 Å². The van der Waals surface area contributed by atoms with E-state index in [-0.39, 0.29) is 5.91 Å². The maximum Gasteiger partial charge on any atom is 0.256 e. The number of rotatable bonds is 3. The van der Waals surface area contributed by atoms with E-state index in [9.17, 15) is 4.79 Å². The van der Waals surface area contributed by atoms with Gasteiger partial charge in [0.25, 0.3) is 5.91 Å². The van der Waals surface area contributed by atoms with Crippen molar-refractivity contribution in [3.8, 4) is 0 Å². The first kappa shape index (κ1) is 13.3. The summed E-state index contributed by atoms with van der Waals surface area (Å²) < 4.78 is 1.86. The third-order valence-corrected chi connectivity index (χ3v) is 3.36. The molecule has 0 bridgehead atoms. The van der Waals surface area contributed by atoms with Crippen LogP contribution in [0, 0.1) is 20.8 Å². The summed E-state index contributed by atoms with van der Waals surface area (Å²) in [7, 11) is 0. The second-order valence-electron chi connectivity index (χ2n) is 4.68. The molecule has 0 atom stereocenters. The van der Waals surface area contributed by atoms with Crippen LogP contribution in [0.25, 0.3) is 0 Å². The van der Waals surface area contributed by atoms with Gasteiger partial charge in [0.15, 0.2) is 0 Å². The number of hydrogen-bond acceptors (Lipinski definition) is 2. The number of hydrogen-bond donors (Lipinski definition) is 1. The largest absolute Gasteiger partial charge is 0.319 e. The van der Waals surface area contributed by atoms with Gasteiger partial charge in [-0.1, -0.05) is 18.2 Å². The number of carbonyl (C=O) groups is 1. The van der Waals surface area contributed by atoms with Crippen LogP contribution in [0.3, 0.4) is 0 Å². The Morgan fingerprint density at radius 1 is 1.26 bits per heavy atom. The maximum absolute atomic E-state index is 12.4. The molecule has 0 saturated carbocycles. The van der Waals surface area contributed by atoms with Crippen LogP contribution in [0.5, 0.6) is 0 Å². The van der Waals surface area contributed by atoms with E-state index in [2.05, 4.69) is 10.4 Å². The van der Waals surface area contributed by atoms with E-state index in [0.29, 0.717) is 0 Å². The molecule has 0 aliphatic heterocycles. The summed E-state index contributed by atoms with van der Waals surface area (Å²) in [6, 6.07) is 5.86. The molecular formula is C15H19N3O. The summed E-state index contributed by atoms with van der Waals surface area (Å²) >= 11 is 0. The van der Waals surface area contributed by atoms with E-state index in [1.807, 2.05) is 50.6 Å². The highest BCUT2D eigenvalue weighted by Gasteiger charge is 2.14. The molecule has 1 N–H and O–H groups in total. The number of aryl methyl sites for hydroxylation is 3. The molecule has 0 aliphatic carbocycles. The molecule has 0 spiro atoms. The zero-order valence-electron chi connectivity index (χ0n) is 11.8. The van der Waals surface area contributed by atoms with Gasteiger partial charge < -0.3 is 5.32 Å². The number of carbonyl (C=O) groups excluding carboxylic acids is 1. The average molecular weight is 257 g/mol. The number of anilines is 1. The summed E-state index contributed by atoms with van der Waals surface area (Å²) in [4.78, 5) is 12.4. The molecular weight excluding hydrogens is 238 g/mol. The lowest BCUT2D eigenvalue weighted by molar-refractivity contribution is 0.102. The smallest absolute Gasteiger partial charge is 0.256 e. The first-order valence-corrected chi connectivity index (χ1v) is 6.44. The molecule has 0 saturated heterocycles. The Kier molecular flexibility index (Phi) is 3.69. The molecule has 1 heterocycles. The number of nitrogens with one attached hydrogen (secondary N) is 1. The van der Waals surface area contributed by atoms with Crippen molar-refractivity contribution in [1.29, 1.82) is 0 Å². The van der Waals surface area contributed by atoms with Crippen molar-refractivity contribution in [3.05, 3.63) is 46.8 Å². The quantitative estimate of drug-likeness (QED) is 0.918. The first-order valence-electron chi connectivity index (χ1n) is 6.44. The van der Waals surface area contributed by atoms with Gasteiger partial charge in [0.2, 0.25) is 0 Å². The lowest BCUT2D eigenvalue weighted by atomic mass is 10.0. The second kappa shape index (κ2) is 5.26. The Morgan fingerprint density at radius 3 is 2.42 bits per heavy atom. The molecule has 1 aromatic carbocycles. The van der Waals surface area contributed by atoms with Gasteiger partial charge in [0.1, 0.15) is 0 Å². The van der Waals surface area contributed by atoms with Gasteiger partial charge in [-0.15, -0.1) is 0 Å². The number of aromatic nitrogens is 2. The van der Waals surface area contributed by atoms with Gasteiger partial charge >= 0.3 is 0 Å². The highest BCUT2D eigenvalue weighted by molar-refractivity contribution is 6.06. The molecule has 2 rings (SSSR count). The molecule has 1 aromatic heterocycles. The van der Waals surface area contributed by atoms with Gasteiger partial charge in [-0.25, -0.2) is 0 Å². The van der Waals surface area contributed by atoms with Gasteiger partial charge in [0, 0.05) is 12.1 Å². The van der Waals surface area contributed by atoms with E-state index in [1.165, 1.54) is 0 Å². The van der Waals surface area contributed by atoms with E-state index < -0.39 is 0 Å². The summed E-state index contributed by atoms with van der Waals surface area (Å²) in [6.07, 6.45) is 1.70. The Hall–Kier alpha value is -2.10. The molecule has 0 radical (unpaired) electrons. The number of benzene rings is 1. The molecule has 100 valence electrons. The standard InChI is InChI=1S/C15H19N3O/c1-5-18-12(4)13(9-16-18)17-15(19)14-10(2)7-6-8-11(14)3/h6-9H,5H2,1-4H3,(H,17,19). The van der Waals surface area contributed by atoms with Crippen LogP contribution in [0.1, 0.15) is 34.1 Å². The highest BCUT2D eigenvalue weighted by Crippen LogP contribution is 2.18. The third kappa shape index (κ3) is 2.52. The van der Waals surface area contributed by atoms with Crippen LogP contribution in [0.4, 0.5) is 5.69 Å². The van der Waals surface area contributed by atoms with Crippen molar-refractivity contribution in [1.82, 2.24) is 9.78 Å². The number of nitrogens with zero attached hydrogens (tertiary/aromatic N) is 2. The normalized spacial score (nSPS) is 10.5.